The lowest BCUT2D eigenvalue weighted by Gasteiger charge is -2.28. The number of nitrogens with one attached hydrogen (secondary N) is 1. The lowest BCUT2D eigenvalue weighted by Crippen LogP contribution is -2.25. The first-order valence-corrected chi connectivity index (χ1v) is 11.3. The first-order chi connectivity index (χ1) is 10.9. The van der Waals surface area contributed by atoms with E-state index in [2.05, 4.69) is 4.72 Å². The molecular formula is C15H24NO6SSi. The molecule has 0 aromatic heterocycles. The highest BCUT2D eigenvalue weighted by Crippen LogP contribution is 2.44. The monoisotopic (exact) mass is 374 g/mol. The molecule has 0 atom stereocenters. The molecule has 0 aliphatic heterocycles. The number of methoxy groups -OCH3 is 1. The topological polar surface area (TPSA) is 102 Å². The van der Waals surface area contributed by atoms with Gasteiger partial charge in [0.2, 0.25) is 10.0 Å². The van der Waals surface area contributed by atoms with E-state index in [9.17, 15) is 13.2 Å². The van der Waals surface area contributed by atoms with Crippen molar-refractivity contribution in [2.75, 3.05) is 17.6 Å². The fourth-order valence-electron chi connectivity index (χ4n) is 2.20. The van der Waals surface area contributed by atoms with E-state index in [1.165, 1.54) is 13.2 Å². The fraction of sp³-hybridized carbons (Fsp3) is 0.533. The Morgan fingerprint density at radius 2 is 1.88 bits per heavy atom. The van der Waals surface area contributed by atoms with Crippen molar-refractivity contribution in [1.29, 1.82) is 0 Å². The van der Waals surface area contributed by atoms with Gasteiger partial charge in [-0.1, -0.05) is 20.8 Å². The van der Waals surface area contributed by atoms with Crippen molar-refractivity contribution in [2.24, 2.45) is 0 Å². The maximum Gasteiger partial charge on any atom is 0.320 e. The molecule has 0 amide bonds. The summed E-state index contributed by atoms with van der Waals surface area (Å²) in [4.78, 5) is 10.7. The van der Waals surface area contributed by atoms with Crippen molar-refractivity contribution in [2.45, 2.75) is 39.3 Å². The van der Waals surface area contributed by atoms with E-state index < -0.39 is 30.8 Å². The Balaban J connectivity index is 3.53. The Morgan fingerprint density at radius 1 is 1.29 bits per heavy atom. The minimum atomic E-state index is -4.03. The predicted octanol–water partition coefficient (Wildman–Crippen LogP) is 2.45. The molecule has 24 heavy (non-hydrogen) atoms. The van der Waals surface area contributed by atoms with Crippen molar-refractivity contribution in [3.8, 4) is 11.5 Å². The Hall–Kier alpha value is -1.74. The van der Waals surface area contributed by atoms with E-state index in [0.717, 1.165) is 5.56 Å². The Labute approximate surface area is 144 Å². The molecule has 1 aromatic carbocycles. The summed E-state index contributed by atoms with van der Waals surface area (Å²) in [6.45, 7) is 9.74. The van der Waals surface area contributed by atoms with Crippen LogP contribution < -0.4 is 13.9 Å². The first kappa shape index (κ1) is 20.3. The van der Waals surface area contributed by atoms with Gasteiger partial charge in [0.25, 0.3) is 9.04 Å². The number of sulfonamides is 1. The summed E-state index contributed by atoms with van der Waals surface area (Å²) in [6.07, 6.45) is 0. The molecular weight excluding hydrogens is 350 g/mol. The number of carboxylic acid groups (broad SMARTS) is 1. The van der Waals surface area contributed by atoms with Crippen LogP contribution >= 0.6 is 0 Å². The quantitative estimate of drug-likeness (QED) is 0.711. The maximum absolute atomic E-state index is 12.0. The largest absolute Gasteiger partial charge is 0.541 e. The zero-order chi connectivity index (χ0) is 18.7. The van der Waals surface area contributed by atoms with Gasteiger partial charge in [-0.15, -0.1) is 0 Å². The molecule has 0 aliphatic rings. The molecule has 2 N–H and O–H groups in total. The van der Waals surface area contributed by atoms with Crippen LogP contribution in [0, 0.1) is 0 Å². The highest BCUT2D eigenvalue weighted by Gasteiger charge is 2.28. The van der Waals surface area contributed by atoms with Crippen LogP contribution in [-0.2, 0) is 20.2 Å². The molecule has 0 fully saturated rings. The molecule has 0 saturated heterocycles. The molecule has 1 radical (unpaired) electrons. The lowest BCUT2D eigenvalue weighted by atomic mass is 9.85. The van der Waals surface area contributed by atoms with Crippen LogP contribution in [0.25, 0.3) is 0 Å². The molecule has 0 saturated carbocycles. The smallest absolute Gasteiger partial charge is 0.320 e. The predicted molar refractivity (Wildman–Crippen MR) is 94.8 cm³/mol. The van der Waals surface area contributed by atoms with Crippen molar-refractivity contribution >= 4 is 30.7 Å². The summed E-state index contributed by atoms with van der Waals surface area (Å²) in [6, 6.07) is 3.16. The van der Waals surface area contributed by atoms with E-state index >= 15 is 0 Å². The van der Waals surface area contributed by atoms with E-state index in [0.29, 0.717) is 11.5 Å². The third-order valence-electron chi connectivity index (χ3n) is 2.97. The van der Waals surface area contributed by atoms with Crippen LogP contribution in [0.2, 0.25) is 13.1 Å². The van der Waals surface area contributed by atoms with Gasteiger partial charge in [0.1, 0.15) is 11.5 Å². The molecule has 0 heterocycles. The van der Waals surface area contributed by atoms with Gasteiger partial charge in [0.15, 0.2) is 5.75 Å². The summed E-state index contributed by atoms with van der Waals surface area (Å²) in [5.41, 5.74) is 0.576. The summed E-state index contributed by atoms with van der Waals surface area (Å²) in [5, 5.41) is 8.74. The van der Waals surface area contributed by atoms with Gasteiger partial charge in [-0.2, -0.15) is 0 Å². The summed E-state index contributed by atoms with van der Waals surface area (Å²) >= 11 is 0. The average Bonchev–Trinajstić information content (AvgIpc) is 2.36. The minimum absolute atomic E-state index is 0.216. The van der Waals surface area contributed by atoms with Gasteiger partial charge in [0.05, 0.1) is 12.8 Å². The molecule has 1 aromatic rings. The standard InChI is InChI=1S/C15H24NO6SSi/c1-15(2,3)13-11(21-4)8-7-10(14(13)22-24(5)6)16-23(19,20)9-12(17)18/h7-8,16H,9H2,1-6H3,(H,17,18). The molecule has 7 nitrogen and oxygen atoms in total. The molecule has 0 unspecified atom stereocenters. The van der Waals surface area contributed by atoms with Gasteiger partial charge in [-0.05, 0) is 30.6 Å². The fourth-order valence-corrected chi connectivity index (χ4v) is 3.71. The number of hydrogen-bond donors (Lipinski definition) is 2. The molecule has 1 rings (SSSR count). The zero-order valence-electron chi connectivity index (χ0n) is 14.8. The van der Waals surface area contributed by atoms with Gasteiger partial charge in [-0.3, -0.25) is 9.52 Å². The van der Waals surface area contributed by atoms with E-state index in [-0.39, 0.29) is 11.1 Å². The van der Waals surface area contributed by atoms with E-state index in [1.54, 1.807) is 6.07 Å². The summed E-state index contributed by atoms with van der Waals surface area (Å²) in [5.74, 6) is -1.47. The van der Waals surface area contributed by atoms with Gasteiger partial charge >= 0.3 is 5.97 Å². The number of carbonyl (C=O) groups is 1. The number of hydrogen-bond acceptors (Lipinski definition) is 5. The molecule has 9 heteroatoms. The van der Waals surface area contributed by atoms with Gasteiger partial charge in [-0.25, -0.2) is 8.42 Å². The Kier molecular flexibility index (Phi) is 6.29. The van der Waals surface area contributed by atoms with Crippen LogP contribution in [-0.4, -0.2) is 41.4 Å². The van der Waals surface area contributed by atoms with Crippen molar-refractivity contribution in [3.63, 3.8) is 0 Å². The van der Waals surface area contributed by atoms with E-state index in [4.69, 9.17) is 14.3 Å². The summed E-state index contributed by atoms with van der Waals surface area (Å²) < 4.78 is 37.6. The number of aliphatic carboxylic acids is 1. The lowest BCUT2D eigenvalue weighted by molar-refractivity contribution is -0.134. The number of ether oxygens (including phenoxy) is 1. The van der Waals surface area contributed by atoms with Crippen LogP contribution in [0.3, 0.4) is 0 Å². The van der Waals surface area contributed by atoms with E-state index in [1.807, 2.05) is 33.9 Å². The first-order valence-electron chi connectivity index (χ1n) is 7.29. The SMILES string of the molecule is COc1ccc(NS(=O)(=O)CC(=O)O)c(O[Si](C)C)c1C(C)(C)C. The number of anilines is 1. The Bertz CT molecular complexity index is 709. The third-order valence-corrected chi connectivity index (χ3v) is 4.74. The number of carboxylic acids is 1. The number of rotatable bonds is 7. The minimum Gasteiger partial charge on any atom is -0.541 e. The molecule has 135 valence electrons. The van der Waals surface area contributed by atoms with Crippen LogP contribution in [0.4, 0.5) is 5.69 Å². The summed E-state index contributed by atoms with van der Waals surface area (Å²) in [7, 11) is -3.70. The highest BCUT2D eigenvalue weighted by atomic mass is 32.2. The Morgan fingerprint density at radius 3 is 2.29 bits per heavy atom. The third kappa shape index (κ3) is 5.41. The molecule has 0 spiro atoms. The van der Waals surface area contributed by atoms with Gasteiger partial charge < -0.3 is 14.3 Å². The van der Waals surface area contributed by atoms with Crippen molar-refractivity contribution in [3.05, 3.63) is 17.7 Å². The average molecular weight is 375 g/mol. The second-order valence-electron chi connectivity index (χ2n) is 6.53. The van der Waals surface area contributed by atoms with Crippen molar-refractivity contribution in [1.82, 2.24) is 0 Å². The zero-order valence-corrected chi connectivity index (χ0v) is 16.6. The second-order valence-corrected chi connectivity index (χ2v) is 10.3. The van der Waals surface area contributed by atoms with Crippen molar-refractivity contribution < 1.29 is 27.5 Å². The number of benzene rings is 1. The second kappa shape index (κ2) is 7.43. The van der Waals surface area contributed by atoms with Crippen LogP contribution in [0.15, 0.2) is 12.1 Å². The highest BCUT2D eigenvalue weighted by molar-refractivity contribution is 7.93. The van der Waals surface area contributed by atoms with Gasteiger partial charge in [0, 0.05) is 5.56 Å². The molecule has 0 aliphatic carbocycles. The van der Waals surface area contributed by atoms with Crippen LogP contribution in [0.1, 0.15) is 26.3 Å². The molecule has 0 bridgehead atoms. The maximum atomic E-state index is 12.0. The normalized spacial score (nSPS) is 12.1. The van der Waals surface area contributed by atoms with Crippen LogP contribution in [0.5, 0.6) is 11.5 Å².